The molecule has 1 N–H and O–H groups in total. The van der Waals surface area contributed by atoms with Crippen molar-refractivity contribution in [3.05, 3.63) is 50.3 Å². The molecule has 0 bridgehead atoms. The highest BCUT2D eigenvalue weighted by molar-refractivity contribution is 9.11. The molecule has 0 aliphatic heterocycles. The van der Waals surface area contributed by atoms with Gasteiger partial charge in [-0.25, -0.2) is 0 Å². The third-order valence-electron chi connectivity index (χ3n) is 3.16. The molecule has 0 spiro atoms. The second kappa shape index (κ2) is 7.47. The number of halogens is 2. The Hall–Kier alpha value is -0.780. The van der Waals surface area contributed by atoms with Crippen molar-refractivity contribution in [2.75, 3.05) is 6.61 Å². The molecule has 1 heterocycles. The number of nitrogens with one attached hydrogen (secondary N) is 1. The summed E-state index contributed by atoms with van der Waals surface area (Å²) in [7, 11) is 0. The lowest BCUT2D eigenvalue weighted by Crippen LogP contribution is -2.18. The molecule has 0 radical (unpaired) electrons. The van der Waals surface area contributed by atoms with Crippen LogP contribution >= 0.6 is 31.9 Å². The van der Waals surface area contributed by atoms with E-state index in [1.165, 1.54) is 0 Å². The largest absolute Gasteiger partial charge is 0.492 e. The van der Waals surface area contributed by atoms with Gasteiger partial charge in [0, 0.05) is 16.6 Å². The van der Waals surface area contributed by atoms with Crippen LogP contribution < -0.4 is 10.1 Å². The maximum Gasteiger partial charge on any atom is 0.138 e. The first kappa shape index (κ1) is 16.6. The van der Waals surface area contributed by atoms with Gasteiger partial charge in [0.25, 0.3) is 0 Å². The van der Waals surface area contributed by atoms with Gasteiger partial charge in [-0.15, -0.1) is 0 Å². The minimum absolute atomic E-state index is 0.144. The molecule has 1 unspecified atom stereocenters. The minimum Gasteiger partial charge on any atom is -0.492 e. The second-order valence-corrected chi connectivity index (χ2v) is 6.63. The van der Waals surface area contributed by atoms with Gasteiger partial charge in [-0.2, -0.15) is 0 Å². The summed E-state index contributed by atoms with van der Waals surface area (Å²) in [5.74, 6) is 2.76. The van der Waals surface area contributed by atoms with Gasteiger partial charge in [-0.05, 0) is 61.0 Å². The van der Waals surface area contributed by atoms with Crippen LogP contribution in [0.25, 0.3) is 0 Å². The third kappa shape index (κ3) is 4.34. The molecule has 0 amide bonds. The summed E-state index contributed by atoms with van der Waals surface area (Å²) in [6, 6.07) is 8.20. The van der Waals surface area contributed by atoms with E-state index in [4.69, 9.17) is 9.15 Å². The van der Waals surface area contributed by atoms with Gasteiger partial charge in [0.15, 0.2) is 0 Å². The van der Waals surface area contributed by atoms with Crippen molar-refractivity contribution < 1.29 is 9.15 Å². The van der Waals surface area contributed by atoms with E-state index >= 15 is 0 Å². The van der Waals surface area contributed by atoms with Gasteiger partial charge < -0.3 is 14.5 Å². The molecule has 0 saturated heterocycles. The number of rotatable bonds is 6. The highest BCUT2D eigenvalue weighted by atomic mass is 79.9. The van der Waals surface area contributed by atoms with Crippen LogP contribution in [0.15, 0.2) is 37.6 Å². The predicted octanol–water partition coefficient (Wildman–Crippen LogP) is 5.36. The quantitative estimate of drug-likeness (QED) is 0.687. The van der Waals surface area contributed by atoms with Crippen molar-refractivity contribution in [2.45, 2.75) is 33.4 Å². The van der Waals surface area contributed by atoms with Crippen molar-refractivity contribution in [2.24, 2.45) is 0 Å². The van der Waals surface area contributed by atoms with E-state index in [9.17, 15) is 0 Å². The molecule has 0 fully saturated rings. The van der Waals surface area contributed by atoms with Crippen LogP contribution in [0, 0.1) is 6.92 Å². The molecule has 5 heteroatoms. The SMILES string of the molecule is CCOc1c(Br)cc(Br)cc1CNC(C)c1ccc(C)o1. The third-order valence-corrected chi connectivity index (χ3v) is 4.21. The highest BCUT2D eigenvalue weighted by Crippen LogP contribution is 2.33. The van der Waals surface area contributed by atoms with Crippen molar-refractivity contribution in [1.29, 1.82) is 0 Å². The van der Waals surface area contributed by atoms with E-state index in [2.05, 4.69) is 50.2 Å². The lowest BCUT2D eigenvalue weighted by atomic mass is 10.1. The van der Waals surface area contributed by atoms with Gasteiger partial charge in [0.1, 0.15) is 17.3 Å². The van der Waals surface area contributed by atoms with Crippen LogP contribution in [-0.2, 0) is 6.54 Å². The van der Waals surface area contributed by atoms with Crippen LogP contribution in [0.5, 0.6) is 5.75 Å². The summed E-state index contributed by atoms with van der Waals surface area (Å²) in [6.07, 6.45) is 0. The molecule has 2 rings (SSSR count). The van der Waals surface area contributed by atoms with E-state index in [1.54, 1.807) is 0 Å². The van der Waals surface area contributed by atoms with Crippen LogP contribution in [-0.4, -0.2) is 6.61 Å². The van der Waals surface area contributed by atoms with E-state index in [0.29, 0.717) is 13.2 Å². The topological polar surface area (TPSA) is 34.4 Å². The van der Waals surface area contributed by atoms with Gasteiger partial charge >= 0.3 is 0 Å². The molecule has 0 aliphatic rings. The smallest absolute Gasteiger partial charge is 0.138 e. The van der Waals surface area contributed by atoms with Crippen LogP contribution in [0.2, 0.25) is 0 Å². The van der Waals surface area contributed by atoms with E-state index in [0.717, 1.165) is 31.8 Å². The van der Waals surface area contributed by atoms with E-state index in [1.807, 2.05) is 32.0 Å². The standard InChI is InChI=1S/C16H19Br2NO2/c1-4-20-16-12(7-13(17)8-14(16)18)9-19-11(3)15-6-5-10(2)21-15/h5-8,11,19H,4,9H2,1-3H3. The number of aryl methyl sites for hydroxylation is 1. The average Bonchev–Trinajstić information content (AvgIpc) is 2.86. The van der Waals surface area contributed by atoms with Crippen LogP contribution in [0.4, 0.5) is 0 Å². The summed E-state index contributed by atoms with van der Waals surface area (Å²) >= 11 is 7.07. The summed E-state index contributed by atoms with van der Waals surface area (Å²) in [6.45, 7) is 7.37. The van der Waals surface area contributed by atoms with Crippen molar-refractivity contribution in [3.8, 4) is 5.75 Å². The number of hydrogen-bond donors (Lipinski definition) is 1. The molecule has 1 aromatic heterocycles. The number of benzene rings is 1. The summed E-state index contributed by atoms with van der Waals surface area (Å²) in [5.41, 5.74) is 1.10. The molecule has 1 aromatic carbocycles. The fourth-order valence-corrected chi connectivity index (χ4v) is 3.53. The number of ether oxygens (including phenoxy) is 1. The Balaban J connectivity index is 2.12. The summed E-state index contributed by atoms with van der Waals surface area (Å²) < 4.78 is 13.4. The molecule has 2 aromatic rings. The van der Waals surface area contributed by atoms with Crippen molar-refractivity contribution >= 4 is 31.9 Å². The Morgan fingerprint density at radius 3 is 2.67 bits per heavy atom. The fraction of sp³-hybridized carbons (Fsp3) is 0.375. The molecule has 1 atom stereocenters. The van der Waals surface area contributed by atoms with E-state index in [-0.39, 0.29) is 6.04 Å². The van der Waals surface area contributed by atoms with Gasteiger partial charge in [0.2, 0.25) is 0 Å². The Labute approximate surface area is 142 Å². The normalized spacial score (nSPS) is 12.4. The van der Waals surface area contributed by atoms with Gasteiger partial charge in [-0.3, -0.25) is 0 Å². The summed E-state index contributed by atoms with van der Waals surface area (Å²) in [4.78, 5) is 0. The monoisotopic (exact) mass is 415 g/mol. The first-order valence-corrected chi connectivity index (χ1v) is 8.50. The molecule has 114 valence electrons. The summed E-state index contributed by atoms with van der Waals surface area (Å²) in [5, 5.41) is 3.47. The van der Waals surface area contributed by atoms with Gasteiger partial charge in [-0.1, -0.05) is 15.9 Å². The van der Waals surface area contributed by atoms with Crippen LogP contribution in [0.1, 0.15) is 37.0 Å². The molecule has 3 nitrogen and oxygen atoms in total. The zero-order chi connectivity index (χ0) is 15.4. The first-order valence-electron chi connectivity index (χ1n) is 6.91. The maximum atomic E-state index is 5.73. The Bertz CT molecular complexity index is 610. The lowest BCUT2D eigenvalue weighted by Gasteiger charge is -2.16. The Morgan fingerprint density at radius 1 is 1.29 bits per heavy atom. The van der Waals surface area contributed by atoms with Crippen molar-refractivity contribution in [1.82, 2.24) is 5.32 Å². The average molecular weight is 417 g/mol. The van der Waals surface area contributed by atoms with E-state index < -0.39 is 0 Å². The van der Waals surface area contributed by atoms with Crippen molar-refractivity contribution in [3.63, 3.8) is 0 Å². The Kier molecular flexibility index (Phi) is 5.90. The molecular weight excluding hydrogens is 398 g/mol. The first-order chi connectivity index (χ1) is 10.0. The zero-order valence-corrected chi connectivity index (χ0v) is 15.5. The fourth-order valence-electron chi connectivity index (χ4n) is 2.10. The molecule has 21 heavy (non-hydrogen) atoms. The molecular formula is C16H19Br2NO2. The second-order valence-electron chi connectivity index (χ2n) is 4.86. The number of hydrogen-bond acceptors (Lipinski definition) is 3. The Morgan fingerprint density at radius 2 is 2.05 bits per heavy atom. The zero-order valence-electron chi connectivity index (χ0n) is 12.4. The number of furan rings is 1. The predicted molar refractivity (Wildman–Crippen MR) is 91.7 cm³/mol. The van der Waals surface area contributed by atoms with Gasteiger partial charge in [0.05, 0.1) is 17.1 Å². The lowest BCUT2D eigenvalue weighted by molar-refractivity contribution is 0.331. The van der Waals surface area contributed by atoms with Crippen LogP contribution in [0.3, 0.4) is 0 Å². The molecule has 0 saturated carbocycles. The minimum atomic E-state index is 0.144. The highest BCUT2D eigenvalue weighted by Gasteiger charge is 2.13. The maximum absolute atomic E-state index is 5.73. The molecule has 0 aliphatic carbocycles.